The molecule has 1 heterocycles. The molecule has 0 saturated heterocycles. The zero-order chi connectivity index (χ0) is 14.3. The summed E-state index contributed by atoms with van der Waals surface area (Å²) >= 11 is 0. The van der Waals surface area contributed by atoms with Crippen LogP contribution in [0.5, 0.6) is 0 Å². The standard InChI is InChI=1S/C19H20N2/c1-3-9-17(10-4-1)15-19(20-21-13-7-8-14-21)16-18-11-5-2-6-12-18/h1-14,19-20H,15-16H2. The van der Waals surface area contributed by atoms with Gasteiger partial charge < -0.3 is 5.43 Å². The molecule has 1 N–H and O–H groups in total. The van der Waals surface area contributed by atoms with Crippen LogP contribution in [0.4, 0.5) is 0 Å². The average molecular weight is 276 g/mol. The van der Waals surface area contributed by atoms with E-state index in [9.17, 15) is 0 Å². The van der Waals surface area contributed by atoms with Crippen LogP contribution in [0, 0.1) is 0 Å². The molecular formula is C19H20N2. The van der Waals surface area contributed by atoms with Crippen molar-refractivity contribution >= 4 is 0 Å². The van der Waals surface area contributed by atoms with E-state index in [0.29, 0.717) is 6.04 Å². The summed E-state index contributed by atoms with van der Waals surface area (Å²) in [7, 11) is 0. The Morgan fingerprint density at radius 2 is 1.14 bits per heavy atom. The molecule has 0 saturated carbocycles. The van der Waals surface area contributed by atoms with Gasteiger partial charge in [-0.3, -0.25) is 4.68 Å². The van der Waals surface area contributed by atoms with Gasteiger partial charge in [0, 0.05) is 12.4 Å². The van der Waals surface area contributed by atoms with Crippen molar-refractivity contribution in [3.8, 4) is 0 Å². The van der Waals surface area contributed by atoms with Crippen molar-refractivity contribution < 1.29 is 0 Å². The minimum Gasteiger partial charge on any atom is -0.323 e. The van der Waals surface area contributed by atoms with E-state index in [1.807, 2.05) is 29.2 Å². The highest BCUT2D eigenvalue weighted by molar-refractivity contribution is 5.21. The summed E-state index contributed by atoms with van der Waals surface area (Å²) in [6.45, 7) is 0. The van der Waals surface area contributed by atoms with E-state index in [1.54, 1.807) is 0 Å². The zero-order valence-corrected chi connectivity index (χ0v) is 12.0. The van der Waals surface area contributed by atoms with Gasteiger partial charge in [0.05, 0.1) is 6.04 Å². The maximum absolute atomic E-state index is 3.57. The first-order valence-corrected chi connectivity index (χ1v) is 7.37. The van der Waals surface area contributed by atoms with Crippen molar-refractivity contribution in [3.63, 3.8) is 0 Å². The Morgan fingerprint density at radius 3 is 1.62 bits per heavy atom. The van der Waals surface area contributed by atoms with E-state index < -0.39 is 0 Å². The number of nitrogens with zero attached hydrogens (tertiary/aromatic N) is 1. The second-order valence-electron chi connectivity index (χ2n) is 5.30. The number of rotatable bonds is 6. The normalized spacial score (nSPS) is 10.7. The molecule has 3 aromatic rings. The van der Waals surface area contributed by atoms with Gasteiger partial charge in [0.25, 0.3) is 0 Å². The van der Waals surface area contributed by atoms with E-state index in [-0.39, 0.29) is 0 Å². The lowest BCUT2D eigenvalue weighted by atomic mass is 9.99. The van der Waals surface area contributed by atoms with Crippen LogP contribution >= 0.6 is 0 Å². The summed E-state index contributed by atoms with van der Waals surface area (Å²) in [6, 6.07) is 25.7. The fourth-order valence-corrected chi connectivity index (χ4v) is 2.59. The molecule has 0 spiro atoms. The molecule has 0 radical (unpaired) electrons. The molecule has 0 bridgehead atoms. The average Bonchev–Trinajstić information content (AvgIpc) is 3.02. The van der Waals surface area contributed by atoms with Crippen LogP contribution in [0.15, 0.2) is 85.2 Å². The summed E-state index contributed by atoms with van der Waals surface area (Å²) in [5.41, 5.74) is 6.29. The number of hydrogen-bond acceptors (Lipinski definition) is 1. The number of nitrogens with one attached hydrogen (secondary N) is 1. The third kappa shape index (κ3) is 3.99. The summed E-state index contributed by atoms with van der Waals surface area (Å²) in [4.78, 5) is 0. The van der Waals surface area contributed by atoms with Crippen LogP contribution < -0.4 is 5.43 Å². The van der Waals surface area contributed by atoms with E-state index in [1.165, 1.54) is 11.1 Å². The molecule has 0 fully saturated rings. The van der Waals surface area contributed by atoms with Crippen molar-refractivity contribution in [2.75, 3.05) is 5.43 Å². The second kappa shape index (κ2) is 6.80. The molecule has 2 aromatic carbocycles. The lowest BCUT2D eigenvalue weighted by Crippen LogP contribution is -2.31. The molecule has 106 valence electrons. The highest BCUT2D eigenvalue weighted by atomic mass is 15.4. The Balaban J connectivity index is 1.74. The Hall–Kier alpha value is -2.48. The van der Waals surface area contributed by atoms with E-state index in [0.717, 1.165) is 12.8 Å². The third-order valence-electron chi connectivity index (χ3n) is 3.59. The van der Waals surface area contributed by atoms with E-state index in [4.69, 9.17) is 0 Å². The lowest BCUT2D eigenvalue weighted by molar-refractivity contribution is 0.629. The molecule has 0 amide bonds. The van der Waals surface area contributed by atoms with Crippen molar-refractivity contribution in [2.45, 2.75) is 18.9 Å². The van der Waals surface area contributed by atoms with Crippen LogP contribution in [0.3, 0.4) is 0 Å². The highest BCUT2D eigenvalue weighted by Crippen LogP contribution is 2.10. The number of aromatic nitrogens is 1. The molecule has 2 heteroatoms. The number of benzene rings is 2. The summed E-state index contributed by atoms with van der Waals surface area (Å²) in [5, 5.41) is 0. The Kier molecular flexibility index (Phi) is 4.37. The first kappa shape index (κ1) is 13.5. The zero-order valence-electron chi connectivity index (χ0n) is 12.0. The maximum atomic E-state index is 3.57. The quantitative estimate of drug-likeness (QED) is 0.723. The predicted octanol–water partition coefficient (Wildman–Crippen LogP) is 3.89. The topological polar surface area (TPSA) is 17.0 Å². The largest absolute Gasteiger partial charge is 0.323 e. The van der Waals surface area contributed by atoms with Gasteiger partial charge in [-0.25, -0.2) is 0 Å². The molecule has 0 atom stereocenters. The van der Waals surface area contributed by atoms with Crippen LogP contribution in [0.2, 0.25) is 0 Å². The molecule has 3 rings (SSSR count). The van der Waals surface area contributed by atoms with Gasteiger partial charge in [0.1, 0.15) is 0 Å². The minimum atomic E-state index is 0.363. The molecule has 0 aliphatic carbocycles. The van der Waals surface area contributed by atoms with Crippen molar-refractivity contribution in [2.24, 2.45) is 0 Å². The fourth-order valence-electron chi connectivity index (χ4n) is 2.59. The Labute approximate surface area is 126 Å². The van der Waals surface area contributed by atoms with Gasteiger partial charge >= 0.3 is 0 Å². The van der Waals surface area contributed by atoms with E-state index in [2.05, 4.69) is 66.1 Å². The fraction of sp³-hybridized carbons (Fsp3) is 0.158. The predicted molar refractivity (Wildman–Crippen MR) is 87.9 cm³/mol. The monoisotopic (exact) mass is 276 g/mol. The first-order chi connectivity index (χ1) is 10.4. The van der Waals surface area contributed by atoms with Crippen LogP contribution in [0.25, 0.3) is 0 Å². The van der Waals surface area contributed by atoms with Crippen LogP contribution in [0.1, 0.15) is 11.1 Å². The summed E-state index contributed by atoms with van der Waals surface area (Å²) in [5.74, 6) is 0. The highest BCUT2D eigenvalue weighted by Gasteiger charge is 2.10. The van der Waals surface area contributed by atoms with Crippen molar-refractivity contribution in [3.05, 3.63) is 96.3 Å². The van der Waals surface area contributed by atoms with Crippen LogP contribution in [-0.4, -0.2) is 10.7 Å². The third-order valence-corrected chi connectivity index (χ3v) is 3.59. The number of hydrogen-bond donors (Lipinski definition) is 1. The van der Waals surface area contributed by atoms with Gasteiger partial charge in [-0.1, -0.05) is 60.7 Å². The lowest BCUT2D eigenvalue weighted by Gasteiger charge is -2.21. The smallest absolute Gasteiger partial charge is 0.0504 e. The van der Waals surface area contributed by atoms with Gasteiger partial charge in [-0.2, -0.15) is 0 Å². The molecule has 21 heavy (non-hydrogen) atoms. The van der Waals surface area contributed by atoms with Crippen LogP contribution in [-0.2, 0) is 12.8 Å². The van der Waals surface area contributed by atoms with Gasteiger partial charge in [-0.05, 0) is 36.1 Å². The molecule has 0 aliphatic heterocycles. The van der Waals surface area contributed by atoms with Crippen molar-refractivity contribution in [1.29, 1.82) is 0 Å². The van der Waals surface area contributed by atoms with E-state index >= 15 is 0 Å². The molecule has 1 aromatic heterocycles. The van der Waals surface area contributed by atoms with Crippen molar-refractivity contribution in [1.82, 2.24) is 4.68 Å². The summed E-state index contributed by atoms with van der Waals surface area (Å²) < 4.78 is 2.04. The Bertz CT molecular complexity index is 588. The molecule has 2 nitrogen and oxygen atoms in total. The molecule has 0 aliphatic rings. The second-order valence-corrected chi connectivity index (χ2v) is 5.30. The minimum absolute atomic E-state index is 0.363. The Morgan fingerprint density at radius 1 is 0.667 bits per heavy atom. The molecule has 0 unspecified atom stereocenters. The maximum Gasteiger partial charge on any atom is 0.0504 e. The van der Waals surface area contributed by atoms with Gasteiger partial charge in [0.15, 0.2) is 0 Å². The van der Waals surface area contributed by atoms with Gasteiger partial charge in [0.2, 0.25) is 0 Å². The van der Waals surface area contributed by atoms with Gasteiger partial charge in [-0.15, -0.1) is 0 Å². The first-order valence-electron chi connectivity index (χ1n) is 7.37. The summed E-state index contributed by atoms with van der Waals surface area (Å²) in [6.07, 6.45) is 6.10. The SMILES string of the molecule is c1ccc(CC(Cc2ccccc2)Nn2cccc2)cc1. The molecular weight excluding hydrogens is 256 g/mol.